The molecule has 0 bridgehead atoms. The van der Waals surface area contributed by atoms with Crippen LogP contribution in [0.4, 0.5) is 22.0 Å². The van der Waals surface area contributed by atoms with Gasteiger partial charge in [0.2, 0.25) is 5.60 Å². The van der Waals surface area contributed by atoms with Crippen molar-refractivity contribution in [2.24, 2.45) is 11.8 Å². The fraction of sp³-hybridized carbons (Fsp3) is 0.875. The standard InChI is InChI=1S/C11H17F5O.C3H6O.C2H6/c1-3-7(2)4-5-8-6-9(17,10(8,12)13)11(14,15)16;1-3-4-2;1-2/h7-8,17H,3-6H2,1-2H3;3H,1H2,2H3;1-2H3. The normalized spacial score (nSPS) is 26.5. The van der Waals surface area contributed by atoms with Crippen molar-refractivity contribution in [1.29, 1.82) is 0 Å². The zero-order chi connectivity index (χ0) is 18.9. The molecule has 1 saturated carbocycles. The fourth-order valence-corrected chi connectivity index (χ4v) is 2.11. The van der Waals surface area contributed by atoms with Crippen LogP contribution in [-0.2, 0) is 4.74 Å². The second kappa shape index (κ2) is 10.1. The van der Waals surface area contributed by atoms with Crippen LogP contribution in [0.1, 0.15) is 53.4 Å². The van der Waals surface area contributed by atoms with E-state index >= 15 is 0 Å². The summed E-state index contributed by atoms with van der Waals surface area (Å²) in [6.07, 6.45) is -3.48. The molecule has 3 unspecified atom stereocenters. The van der Waals surface area contributed by atoms with E-state index in [2.05, 4.69) is 11.3 Å². The SMILES string of the molecule is C=COC.CC.CCC(C)CCC1CC(O)(C(F)(F)F)C1(F)F. The molecule has 1 aliphatic carbocycles. The maximum Gasteiger partial charge on any atom is 0.423 e. The second-order valence-electron chi connectivity index (χ2n) is 5.38. The van der Waals surface area contributed by atoms with Gasteiger partial charge in [0.1, 0.15) is 0 Å². The summed E-state index contributed by atoms with van der Waals surface area (Å²) in [5.41, 5.74) is -3.82. The van der Waals surface area contributed by atoms with Gasteiger partial charge in [-0.25, -0.2) is 8.78 Å². The van der Waals surface area contributed by atoms with E-state index in [0.29, 0.717) is 6.42 Å². The Morgan fingerprint density at radius 3 is 2.04 bits per heavy atom. The number of hydrogen-bond donors (Lipinski definition) is 1. The van der Waals surface area contributed by atoms with E-state index < -0.39 is 30.0 Å². The zero-order valence-corrected chi connectivity index (χ0v) is 14.5. The molecule has 1 aliphatic rings. The molecule has 140 valence electrons. The van der Waals surface area contributed by atoms with E-state index in [0.717, 1.165) is 6.42 Å². The first-order valence-corrected chi connectivity index (χ1v) is 7.78. The maximum atomic E-state index is 13.3. The van der Waals surface area contributed by atoms with Crippen molar-refractivity contribution in [3.8, 4) is 0 Å². The summed E-state index contributed by atoms with van der Waals surface area (Å²) in [6, 6.07) is 0. The molecular weight excluding hydrogens is 319 g/mol. The van der Waals surface area contributed by atoms with Gasteiger partial charge in [-0.05, 0) is 18.8 Å². The van der Waals surface area contributed by atoms with Crippen LogP contribution in [0.3, 0.4) is 0 Å². The smallest absolute Gasteiger partial charge is 0.423 e. The van der Waals surface area contributed by atoms with Crippen molar-refractivity contribution >= 4 is 0 Å². The number of alkyl halides is 5. The maximum absolute atomic E-state index is 13.3. The van der Waals surface area contributed by atoms with E-state index in [1.165, 1.54) is 6.26 Å². The molecule has 0 aromatic rings. The summed E-state index contributed by atoms with van der Waals surface area (Å²) in [5, 5.41) is 8.99. The molecule has 1 N–H and O–H groups in total. The molecule has 0 aliphatic heterocycles. The van der Waals surface area contributed by atoms with E-state index in [1.807, 2.05) is 27.7 Å². The highest BCUT2D eigenvalue weighted by atomic mass is 19.4. The Balaban J connectivity index is 0. The molecule has 0 heterocycles. The number of halogens is 5. The zero-order valence-electron chi connectivity index (χ0n) is 14.5. The molecule has 0 radical (unpaired) electrons. The van der Waals surface area contributed by atoms with Crippen LogP contribution in [0.2, 0.25) is 0 Å². The van der Waals surface area contributed by atoms with Crippen LogP contribution < -0.4 is 0 Å². The van der Waals surface area contributed by atoms with Crippen molar-refractivity contribution in [3.63, 3.8) is 0 Å². The highest BCUT2D eigenvalue weighted by Crippen LogP contribution is 2.60. The molecule has 1 rings (SSSR count). The largest absolute Gasteiger partial charge is 0.505 e. The molecule has 0 aromatic carbocycles. The van der Waals surface area contributed by atoms with Gasteiger partial charge in [0, 0.05) is 5.92 Å². The lowest BCUT2D eigenvalue weighted by Gasteiger charge is -2.51. The van der Waals surface area contributed by atoms with Crippen LogP contribution in [0.15, 0.2) is 12.8 Å². The van der Waals surface area contributed by atoms with E-state index in [4.69, 9.17) is 5.11 Å². The lowest BCUT2D eigenvalue weighted by molar-refractivity contribution is -0.396. The highest BCUT2D eigenvalue weighted by Gasteiger charge is 2.79. The molecule has 0 spiro atoms. The van der Waals surface area contributed by atoms with Gasteiger partial charge < -0.3 is 9.84 Å². The molecule has 0 saturated heterocycles. The van der Waals surface area contributed by atoms with Crippen molar-refractivity contribution in [1.82, 2.24) is 0 Å². The van der Waals surface area contributed by atoms with Crippen molar-refractivity contribution in [3.05, 3.63) is 12.8 Å². The predicted octanol–water partition coefficient (Wildman–Crippen LogP) is 5.56. The minimum atomic E-state index is -5.26. The van der Waals surface area contributed by atoms with Crippen LogP contribution in [0, 0.1) is 11.8 Å². The minimum Gasteiger partial charge on any atom is -0.505 e. The van der Waals surface area contributed by atoms with Gasteiger partial charge in [-0.1, -0.05) is 47.1 Å². The molecule has 23 heavy (non-hydrogen) atoms. The van der Waals surface area contributed by atoms with Crippen LogP contribution >= 0.6 is 0 Å². The number of rotatable bonds is 5. The Morgan fingerprint density at radius 2 is 1.78 bits per heavy atom. The quantitative estimate of drug-likeness (QED) is 0.520. The molecule has 3 atom stereocenters. The van der Waals surface area contributed by atoms with E-state index in [-0.39, 0.29) is 12.3 Å². The predicted molar refractivity (Wildman–Crippen MR) is 81.3 cm³/mol. The van der Waals surface area contributed by atoms with Gasteiger partial charge in [-0.15, -0.1) is 0 Å². The molecule has 7 heteroatoms. The second-order valence-corrected chi connectivity index (χ2v) is 5.38. The molecule has 2 nitrogen and oxygen atoms in total. The monoisotopic (exact) mass is 348 g/mol. The van der Waals surface area contributed by atoms with Crippen molar-refractivity contribution in [2.75, 3.05) is 7.11 Å². The van der Waals surface area contributed by atoms with Crippen LogP contribution in [0.25, 0.3) is 0 Å². The first-order valence-electron chi connectivity index (χ1n) is 7.78. The third-order valence-electron chi connectivity index (χ3n) is 3.95. The highest BCUT2D eigenvalue weighted by molar-refractivity contribution is 5.13. The third-order valence-corrected chi connectivity index (χ3v) is 3.95. The number of ether oxygens (including phenoxy) is 1. The number of aliphatic hydroxyl groups is 1. The van der Waals surface area contributed by atoms with E-state index in [1.54, 1.807) is 7.11 Å². The molecule has 1 fully saturated rings. The Morgan fingerprint density at radius 1 is 1.35 bits per heavy atom. The average Bonchev–Trinajstić information content (AvgIpc) is 2.51. The first-order chi connectivity index (χ1) is 10.5. The van der Waals surface area contributed by atoms with Crippen LogP contribution in [-0.4, -0.2) is 29.9 Å². The lowest BCUT2D eigenvalue weighted by atomic mass is 9.64. The molecule has 0 aromatic heterocycles. The summed E-state index contributed by atoms with van der Waals surface area (Å²) in [4.78, 5) is 0. The first kappa shape index (κ1) is 24.4. The van der Waals surface area contributed by atoms with Gasteiger partial charge >= 0.3 is 6.18 Å². The number of methoxy groups -OCH3 is 1. The van der Waals surface area contributed by atoms with Gasteiger partial charge in [0.05, 0.1) is 13.4 Å². The fourth-order valence-electron chi connectivity index (χ4n) is 2.11. The van der Waals surface area contributed by atoms with Crippen molar-refractivity contribution < 1.29 is 31.8 Å². The van der Waals surface area contributed by atoms with Crippen LogP contribution in [0.5, 0.6) is 0 Å². The lowest BCUT2D eigenvalue weighted by Crippen LogP contribution is -2.71. The topological polar surface area (TPSA) is 29.5 Å². The van der Waals surface area contributed by atoms with Gasteiger partial charge in [0.25, 0.3) is 5.92 Å². The summed E-state index contributed by atoms with van der Waals surface area (Å²) < 4.78 is 67.8. The number of hydrogen-bond acceptors (Lipinski definition) is 2. The van der Waals surface area contributed by atoms with E-state index in [9.17, 15) is 22.0 Å². The summed E-state index contributed by atoms with van der Waals surface area (Å²) >= 11 is 0. The Bertz CT molecular complexity index is 331. The van der Waals surface area contributed by atoms with Gasteiger partial charge in [-0.2, -0.15) is 13.2 Å². The summed E-state index contributed by atoms with van der Waals surface area (Å²) in [5.74, 6) is -5.20. The Hall–Kier alpha value is -0.850. The van der Waals surface area contributed by atoms with Crippen molar-refractivity contribution in [2.45, 2.75) is 71.1 Å². The van der Waals surface area contributed by atoms with Gasteiger partial charge in [0.15, 0.2) is 0 Å². The minimum absolute atomic E-state index is 0.0282. The molecule has 0 amide bonds. The average molecular weight is 348 g/mol. The summed E-state index contributed by atoms with van der Waals surface area (Å²) in [7, 11) is 1.56. The Kier molecular flexibility index (Phi) is 10.7. The summed E-state index contributed by atoms with van der Waals surface area (Å²) in [6.45, 7) is 11.0. The third kappa shape index (κ3) is 5.94. The molecular formula is C16H29F5O2. The Labute approximate surface area is 135 Å². The van der Waals surface area contributed by atoms with Gasteiger partial charge in [-0.3, -0.25) is 0 Å².